The summed E-state index contributed by atoms with van der Waals surface area (Å²) in [7, 11) is 0. The predicted octanol–water partition coefficient (Wildman–Crippen LogP) is 4.25. The molecule has 0 saturated heterocycles. The van der Waals surface area contributed by atoms with Gasteiger partial charge in [-0.25, -0.2) is 4.98 Å². The first-order valence-electron chi connectivity index (χ1n) is 5.97. The van der Waals surface area contributed by atoms with Crippen LogP contribution in [0.25, 0.3) is 11.3 Å². The third kappa shape index (κ3) is 2.86. The number of hydrogen-bond acceptors (Lipinski definition) is 3. The van der Waals surface area contributed by atoms with Crippen molar-refractivity contribution < 1.29 is 0 Å². The van der Waals surface area contributed by atoms with E-state index in [9.17, 15) is 0 Å². The lowest BCUT2D eigenvalue weighted by Gasteiger charge is -2.03. The molecule has 90 valence electrons. The second-order valence-corrected chi connectivity index (χ2v) is 5.14. The number of aromatic nitrogens is 1. The zero-order chi connectivity index (χ0) is 12.3. The Kier molecular flexibility index (Phi) is 3.79. The topological polar surface area (TPSA) is 24.9 Å². The average Bonchev–Trinajstić information content (AvgIpc) is 2.75. The van der Waals surface area contributed by atoms with E-state index in [1.165, 1.54) is 16.7 Å². The smallest absolute Gasteiger partial charge is 0.183 e. The Morgan fingerprint density at radius 2 is 2.12 bits per heavy atom. The highest BCUT2D eigenvalue weighted by molar-refractivity contribution is 7.14. The van der Waals surface area contributed by atoms with Crippen molar-refractivity contribution in [2.24, 2.45) is 0 Å². The number of hydrogen-bond donors (Lipinski definition) is 1. The number of thiazole rings is 1. The molecule has 1 aromatic carbocycles. The van der Waals surface area contributed by atoms with Crippen molar-refractivity contribution in [1.29, 1.82) is 0 Å². The second-order valence-electron chi connectivity index (χ2n) is 4.28. The predicted molar refractivity (Wildman–Crippen MR) is 75.8 cm³/mol. The largest absolute Gasteiger partial charge is 0.362 e. The van der Waals surface area contributed by atoms with Crippen molar-refractivity contribution in [3.63, 3.8) is 0 Å². The van der Waals surface area contributed by atoms with Crippen molar-refractivity contribution >= 4 is 16.5 Å². The van der Waals surface area contributed by atoms with Crippen LogP contribution in [-0.4, -0.2) is 11.5 Å². The molecule has 0 amide bonds. The van der Waals surface area contributed by atoms with Gasteiger partial charge in [0.1, 0.15) is 0 Å². The van der Waals surface area contributed by atoms with E-state index in [0.29, 0.717) is 0 Å². The summed E-state index contributed by atoms with van der Waals surface area (Å²) in [5.41, 5.74) is 4.89. The van der Waals surface area contributed by atoms with E-state index in [0.717, 1.165) is 23.8 Å². The van der Waals surface area contributed by atoms with E-state index < -0.39 is 0 Å². The maximum Gasteiger partial charge on any atom is 0.183 e. The summed E-state index contributed by atoms with van der Waals surface area (Å²) in [5.74, 6) is 0. The number of rotatable bonds is 4. The molecule has 0 fully saturated rings. The molecular formula is C14H18N2S. The highest BCUT2D eigenvalue weighted by Crippen LogP contribution is 2.27. The van der Waals surface area contributed by atoms with E-state index in [2.05, 4.69) is 54.7 Å². The fourth-order valence-corrected chi connectivity index (χ4v) is 2.55. The normalized spacial score (nSPS) is 10.5. The fraction of sp³-hybridized carbons (Fsp3) is 0.357. The van der Waals surface area contributed by atoms with E-state index in [4.69, 9.17) is 0 Å². The van der Waals surface area contributed by atoms with Gasteiger partial charge in [0.25, 0.3) is 0 Å². The van der Waals surface area contributed by atoms with Crippen molar-refractivity contribution in [2.45, 2.75) is 27.2 Å². The summed E-state index contributed by atoms with van der Waals surface area (Å²) in [6.07, 6.45) is 1.12. The average molecular weight is 246 g/mol. The van der Waals surface area contributed by atoms with Crippen molar-refractivity contribution in [1.82, 2.24) is 4.98 Å². The van der Waals surface area contributed by atoms with Gasteiger partial charge in [-0.05, 0) is 25.8 Å². The quantitative estimate of drug-likeness (QED) is 0.872. The van der Waals surface area contributed by atoms with Crippen molar-refractivity contribution in [3.8, 4) is 11.3 Å². The monoisotopic (exact) mass is 246 g/mol. The number of anilines is 1. The molecule has 3 heteroatoms. The van der Waals surface area contributed by atoms with E-state index >= 15 is 0 Å². The fourth-order valence-electron chi connectivity index (χ4n) is 1.81. The zero-order valence-electron chi connectivity index (χ0n) is 10.6. The lowest BCUT2D eigenvalue weighted by atomic mass is 10.0. The van der Waals surface area contributed by atoms with Crippen molar-refractivity contribution in [3.05, 3.63) is 34.7 Å². The molecule has 0 spiro atoms. The van der Waals surface area contributed by atoms with Gasteiger partial charge in [-0.15, -0.1) is 11.3 Å². The summed E-state index contributed by atoms with van der Waals surface area (Å²) in [4.78, 5) is 4.62. The van der Waals surface area contributed by atoms with Gasteiger partial charge < -0.3 is 5.32 Å². The molecular weight excluding hydrogens is 228 g/mol. The minimum atomic E-state index is 0.986. The highest BCUT2D eigenvalue weighted by Gasteiger charge is 2.06. The molecule has 2 aromatic rings. The third-order valence-corrected chi connectivity index (χ3v) is 3.49. The molecule has 1 heterocycles. The molecule has 0 aliphatic carbocycles. The molecule has 0 aliphatic rings. The molecule has 2 nitrogen and oxygen atoms in total. The minimum absolute atomic E-state index is 0.986. The van der Waals surface area contributed by atoms with Gasteiger partial charge >= 0.3 is 0 Å². The second kappa shape index (κ2) is 5.32. The minimum Gasteiger partial charge on any atom is -0.362 e. The van der Waals surface area contributed by atoms with Gasteiger partial charge in [-0.2, -0.15) is 0 Å². The van der Waals surface area contributed by atoms with E-state index in [1.54, 1.807) is 11.3 Å². The van der Waals surface area contributed by atoms with Crippen LogP contribution in [-0.2, 0) is 0 Å². The Morgan fingerprint density at radius 3 is 2.82 bits per heavy atom. The van der Waals surface area contributed by atoms with Crippen LogP contribution in [0.5, 0.6) is 0 Å². The molecule has 17 heavy (non-hydrogen) atoms. The van der Waals surface area contributed by atoms with Gasteiger partial charge in [0.2, 0.25) is 0 Å². The van der Waals surface area contributed by atoms with E-state index in [-0.39, 0.29) is 0 Å². The highest BCUT2D eigenvalue weighted by atomic mass is 32.1. The molecule has 0 radical (unpaired) electrons. The molecule has 0 aliphatic heterocycles. The maximum atomic E-state index is 4.62. The Balaban J connectivity index is 2.24. The van der Waals surface area contributed by atoms with Crippen LogP contribution in [0.15, 0.2) is 23.6 Å². The lowest BCUT2D eigenvalue weighted by molar-refractivity contribution is 0.976. The summed E-state index contributed by atoms with van der Waals surface area (Å²) in [5, 5.41) is 6.46. The molecule has 1 N–H and O–H groups in total. The SMILES string of the molecule is CCCNc1nc(-c2ccc(C)cc2C)cs1. The third-order valence-electron chi connectivity index (χ3n) is 2.69. The molecule has 0 unspecified atom stereocenters. The Bertz CT molecular complexity index is 503. The molecule has 2 rings (SSSR count). The number of nitrogens with zero attached hydrogens (tertiary/aromatic N) is 1. The molecule has 1 aromatic heterocycles. The summed E-state index contributed by atoms with van der Waals surface area (Å²) in [6, 6.07) is 6.50. The standard InChI is InChI=1S/C14H18N2S/c1-4-7-15-14-16-13(9-17-14)12-6-5-10(2)8-11(12)3/h5-6,8-9H,4,7H2,1-3H3,(H,15,16). The molecule has 0 bridgehead atoms. The van der Waals surface area contributed by atoms with Gasteiger partial charge in [0, 0.05) is 17.5 Å². The van der Waals surface area contributed by atoms with Gasteiger partial charge in [-0.3, -0.25) is 0 Å². The zero-order valence-corrected chi connectivity index (χ0v) is 11.4. The number of benzene rings is 1. The Morgan fingerprint density at radius 1 is 1.29 bits per heavy atom. The maximum absolute atomic E-state index is 4.62. The number of nitrogens with one attached hydrogen (secondary N) is 1. The van der Waals surface area contributed by atoms with Gasteiger partial charge in [0.15, 0.2) is 5.13 Å². The van der Waals surface area contributed by atoms with Gasteiger partial charge in [-0.1, -0.05) is 30.7 Å². The van der Waals surface area contributed by atoms with Crippen LogP contribution in [0.3, 0.4) is 0 Å². The van der Waals surface area contributed by atoms with Crippen LogP contribution < -0.4 is 5.32 Å². The van der Waals surface area contributed by atoms with Crippen LogP contribution >= 0.6 is 11.3 Å². The Hall–Kier alpha value is -1.35. The van der Waals surface area contributed by atoms with Gasteiger partial charge in [0.05, 0.1) is 5.69 Å². The van der Waals surface area contributed by atoms with Crippen LogP contribution in [0, 0.1) is 13.8 Å². The van der Waals surface area contributed by atoms with Crippen LogP contribution in [0.4, 0.5) is 5.13 Å². The number of aryl methyl sites for hydroxylation is 2. The van der Waals surface area contributed by atoms with Crippen LogP contribution in [0.2, 0.25) is 0 Å². The van der Waals surface area contributed by atoms with Crippen molar-refractivity contribution in [2.75, 3.05) is 11.9 Å². The first kappa shape index (κ1) is 12.1. The lowest BCUT2D eigenvalue weighted by Crippen LogP contribution is -1.98. The van der Waals surface area contributed by atoms with Crippen LogP contribution in [0.1, 0.15) is 24.5 Å². The molecule has 0 saturated carbocycles. The molecule has 0 atom stereocenters. The first-order valence-corrected chi connectivity index (χ1v) is 6.85. The summed E-state index contributed by atoms with van der Waals surface area (Å²) in [6.45, 7) is 7.40. The summed E-state index contributed by atoms with van der Waals surface area (Å²) >= 11 is 1.68. The van der Waals surface area contributed by atoms with E-state index in [1.807, 2.05) is 0 Å². The summed E-state index contributed by atoms with van der Waals surface area (Å²) < 4.78 is 0. The first-order chi connectivity index (χ1) is 8.20. The Labute approximate surface area is 107 Å².